The van der Waals surface area contributed by atoms with Crippen molar-refractivity contribution in [3.05, 3.63) is 112 Å². The normalized spacial score (nSPS) is 10.9. The third-order valence-electron chi connectivity index (χ3n) is 4.81. The Morgan fingerprint density at radius 2 is 1.56 bits per heavy atom. The minimum Gasteiger partial charge on any atom is -0.490 e. The summed E-state index contributed by atoms with van der Waals surface area (Å²) in [5.41, 5.74) is 2.52. The van der Waals surface area contributed by atoms with E-state index in [0.717, 1.165) is 32.8 Å². The average Bonchev–Trinajstić information content (AvgIpc) is 2.85. The maximum Gasteiger partial charge on any atom is 0.175 e. The highest BCUT2D eigenvalue weighted by atomic mass is 79.9. The van der Waals surface area contributed by atoms with Crippen LogP contribution in [0, 0.1) is 5.82 Å². The van der Waals surface area contributed by atoms with Gasteiger partial charge >= 0.3 is 0 Å². The lowest BCUT2D eigenvalue weighted by molar-refractivity contribution is 0.267. The summed E-state index contributed by atoms with van der Waals surface area (Å²) >= 11 is 3.58. The van der Waals surface area contributed by atoms with E-state index >= 15 is 0 Å². The van der Waals surface area contributed by atoms with Gasteiger partial charge in [-0.05, 0) is 94.6 Å². The molecule has 0 saturated heterocycles. The van der Waals surface area contributed by atoms with Crippen molar-refractivity contribution >= 4 is 27.8 Å². The Morgan fingerprint density at radius 3 is 2.26 bits per heavy atom. The van der Waals surface area contributed by atoms with Crippen molar-refractivity contribution in [2.45, 2.75) is 13.5 Å². The Morgan fingerprint density at radius 1 is 0.853 bits per heavy atom. The lowest BCUT2D eigenvalue weighted by Crippen LogP contribution is -2.01. The van der Waals surface area contributed by atoms with E-state index < -0.39 is 0 Å². The van der Waals surface area contributed by atoms with Gasteiger partial charge in [0.1, 0.15) is 23.9 Å². The molecule has 0 aliphatic heterocycles. The monoisotopic (exact) mass is 519 g/mol. The second-order valence-corrected chi connectivity index (χ2v) is 8.20. The van der Waals surface area contributed by atoms with Crippen LogP contribution in [0.25, 0.3) is 0 Å². The average molecular weight is 520 g/mol. The van der Waals surface area contributed by atoms with Crippen LogP contribution < -0.4 is 14.2 Å². The molecule has 0 saturated carbocycles. The highest BCUT2D eigenvalue weighted by Crippen LogP contribution is 2.37. The lowest BCUT2D eigenvalue weighted by Gasteiger charge is -2.14. The molecule has 0 atom stereocenters. The smallest absolute Gasteiger partial charge is 0.175 e. The molecule has 4 nitrogen and oxygen atoms in total. The molecule has 4 aromatic rings. The molecule has 4 aromatic carbocycles. The predicted octanol–water partition coefficient (Wildman–Crippen LogP) is 8.11. The summed E-state index contributed by atoms with van der Waals surface area (Å²) in [4.78, 5) is 4.57. The number of aliphatic imine (C=N–C) groups is 1. The Balaban J connectivity index is 1.46. The number of hydrogen-bond acceptors (Lipinski definition) is 4. The number of halogens is 2. The van der Waals surface area contributed by atoms with Crippen molar-refractivity contribution in [1.29, 1.82) is 0 Å². The van der Waals surface area contributed by atoms with Gasteiger partial charge in [-0.2, -0.15) is 0 Å². The van der Waals surface area contributed by atoms with Crippen LogP contribution in [-0.4, -0.2) is 12.8 Å². The summed E-state index contributed by atoms with van der Waals surface area (Å²) in [6, 6.07) is 27.2. The number of nitrogens with zero attached hydrogens (tertiary/aromatic N) is 1. The fourth-order valence-electron chi connectivity index (χ4n) is 3.18. The maximum atomic E-state index is 13.1. The molecule has 0 aromatic heterocycles. The van der Waals surface area contributed by atoms with Crippen molar-refractivity contribution in [3.63, 3.8) is 0 Å². The molecular formula is C28H23BrFNO3. The van der Waals surface area contributed by atoms with Crippen LogP contribution in [0.5, 0.6) is 23.0 Å². The summed E-state index contributed by atoms with van der Waals surface area (Å²) in [5, 5.41) is 0. The minimum absolute atomic E-state index is 0.276. The van der Waals surface area contributed by atoms with Crippen molar-refractivity contribution in [3.8, 4) is 23.0 Å². The van der Waals surface area contributed by atoms with Crippen molar-refractivity contribution in [1.82, 2.24) is 0 Å². The summed E-state index contributed by atoms with van der Waals surface area (Å²) in [7, 11) is 0. The maximum absolute atomic E-state index is 13.1. The molecule has 0 unspecified atom stereocenters. The minimum atomic E-state index is -0.276. The summed E-state index contributed by atoms with van der Waals surface area (Å²) in [6.45, 7) is 2.70. The molecule has 0 bridgehead atoms. The van der Waals surface area contributed by atoms with Crippen molar-refractivity contribution in [2.75, 3.05) is 6.61 Å². The number of para-hydroxylation sites is 1. The van der Waals surface area contributed by atoms with Gasteiger partial charge in [-0.15, -0.1) is 0 Å². The van der Waals surface area contributed by atoms with Gasteiger partial charge in [0.05, 0.1) is 16.8 Å². The molecule has 172 valence electrons. The molecule has 0 amide bonds. The van der Waals surface area contributed by atoms with Crippen LogP contribution in [-0.2, 0) is 6.61 Å². The zero-order valence-electron chi connectivity index (χ0n) is 18.6. The van der Waals surface area contributed by atoms with E-state index in [1.54, 1.807) is 18.3 Å². The van der Waals surface area contributed by atoms with E-state index in [4.69, 9.17) is 14.2 Å². The SMILES string of the molecule is CCOc1cc(C=Nc2ccc(Oc3ccccc3)cc2)cc(Br)c1OCc1ccc(F)cc1. The van der Waals surface area contributed by atoms with Gasteiger partial charge in [0.25, 0.3) is 0 Å². The van der Waals surface area contributed by atoms with E-state index in [-0.39, 0.29) is 5.82 Å². The second kappa shape index (κ2) is 11.5. The fraction of sp³-hybridized carbons (Fsp3) is 0.107. The van der Waals surface area contributed by atoms with Gasteiger partial charge in [0.15, 0.2) is 11.5 Å². The molecule has 0 aliphatic carbocycles. The van der Waals surface area contributed by atoms with E-state index in [1.165, 1.54) is 12.1 Å². The van der Waals surface area contributed by atoms with E-state index in [1.807, 2.05) is 73.7 Å². The largest absolute Gasteiger partial charge is 0.490 e. The molecule has 6 heteroatoms. The van der Waals surface area contributed by atoms with Gasteiger partial charge in [0, 0.05) is 6.21 Å². The van der Waals surface area contributed by atoms with Gasteiger partial charge in [-0.3, -0.25) is 4.99 Å². The van der Waals surface area contributed by atoms with E-state index in [9.17, 15) is 4.39 Å². The molecule has 0 spiro atoms. The van der Waals surface area contributed by atoms with Crippen LogP contribution in [0.3, 0.4) is 0 Å². The van der Waals surface area contributed by atoms with Crippen LogP contribution in [0.4, 0.5) is 10.1 Å². The highest BCUT2D eigenvalue weighted by molar-refractivity contribution is 9.10. The first-order chi connectivity index (χ1) is 16.6. The molecule has 0 radical (unpaired) electrons. The molecule has 0 fully saturated rings. The standard InChI is InChI=1S/C28H23BrFNO3/c1-2-32-27-17-21(16-26(29)28(27)33-19-20-8-10-22(30)11-9-20)18-31-23-12-14-25(15-13-23)34-24-6-4-3-5-7-24/h3-18H,2,19H2,1H3. The van der Waals surface area contributed by atoms with Crippen molar-refractivity contribution < 1.29 is 18.6 Å². The molecule has 0 aliphatic rings. The first-order valence-corrected chi connectivity index (χ1v) is 11.6. The number of rotatable bonds is 9. The number of ether oxygens (including phenoxy) is 3. The van der Waals surface area contributed by atoms with Gasteiger partial charge in [-0.25, -0.2) is 4.39 Å². The third-order valence-corrected chi connectivity index (χ3v) is 5.40. The zero-order valence-corrected chi connectivity index (χ0v) is 20.2. The predicted molar refractivity (Wildman–Crippen MR) is 136 cm³/mol. The first kappa shape index (κ1) is 23.5. The van der Waals surface area contributed by atoms with Crippen LogP contribution in [0.2, 0.25) is 0 Å². The van der Waals surface area contributed by atoms with Gasteiger partial charge in [0.2, 0.25) is 0 Å². The molecular weight excluding hydrogens is 497 g/mol. The Bertz CT molecular complexity index is 1240. The van der Waals surface area contributed by atoms with Crippen LogP contribution in [0.15, 0.2) is 100 Å². The molecule has 0 N–H and O–H groups in total. The van der Waals surface area contributed by atoms with Crippen molar-refractivity contribution in [2.24, 2.45) is 4.99 Å². The third kappa shape index (κ3) is 6.45. The summed E-state index contributed by atoms with van der Waals surface area (Å²) < 4.78 is 31.5. The second-order valence-electron chi connectivity index (χ2n) is 7.35. The number of hydrogen-bond donors (Lipinski definition) is 0. The summed E-state index contributed by atoms with van der Waals surface area (Å²) in [5.74, 6) is 2.45. The van der Waals surface area contributed by atoms with Gasteiger partial charge in [-0.1, -0.05) is 30.3 Å². The van der Waals surface area contributed by atoms with Crippen LogP contribution >= 0.6 is 15.9 Å². The molecule has 34 heavy (non-hydrogen) atoms. The van der Waals surface area contributed by atoms with Gasteiger partial charge < -0.3 is 14.2 Å². The Hall–Kier alpha value is -3.64. The summed E-state index contributed by atoms with van der Waals surface area (Å²) in [6.07, 6.45) is 1.77. The van der Waals surface area contributed by atoms with E-state index in [2.05, 4.69) is 20.9 Å². The molecule has 0 heterocycles. The topological polar surface area (TPSA) is 40.0 Å². The fourth-order valence-corrected chi connectivity index (χ4v) is 3.75. The quantitative estimate of drug-likeness (QED) is 0.209. The van der Waals surface area contributed by atoms with Crippen LogP contribution in [0.1, 0.15) is 18.1 Å². The molecule has 4 rings (SSSR count). The lowest BCUT2D eigenvalue weighted by atomic mass is 10.2. The van der Waals surface area contributed by atoms with E-state index in [0.29, 0.717) is 24.7 Å². The first-order valence-electron chi connectivity index (χ1n) is 10.8. The highest BCUT2D eigenvalue weighted by Gasteiger charge is 2.12. The zero-order chi connectivity index (χ0) is 23.8. The Labute approximate surface area is 206 Å². The Kier molecular flexibility index (Phi) is 7.94. The number of benzene rings is 4.